The van der Waals surface area contributed by atoms with E-state index >= 15 is 0 Å². The lowest BCUT2D eigenvalue weighted by Crippen LogP contribution is -2.32. The van der Waals surface area contributed by atoms with E-state index in [1.807, 2.05) is 18.2 Å². The van der Waals surface area contributed by atoms with Gasteiger partial charge in [0.15, 0.2) is 0 Å². The molecule has 23 heavy (non-hydrogen) atoms. The number of benzene rings is 1. The van der Waals surface area contributed by atoms with Gasteiger partial charge in [-0.05, 0) is 44.0 Å². The molecule has 1 aliphatic heterocycles. The molecular formula is C18H20N2O2S. The molecule has 1 N–H and O–H groups in total. The summed E-state index contributed by atoms with van der Waals surface area (Å²) in [6.07, 6.45) is 3.94. The standard InChI is InChI=1S/C18H20N2O2S/c1-13-6-8-15(9-7-13)23-18-16(5-2-10-19-18)17(21)20-12-14-4-3-11-22-14/h2,5-10,14H,3-4,11-12H2,1H3,(H,20,21)/t14-/m1/s1. The monoisotopic (exact) mass is 328 g/mol. The van der Waals surface area contributed by atoms with E-state index in [-0.39, 0.29) is 12.0 Å². The summed E-state index contributed by atoms with van der Waals surface area (Å²) in [7, 11) is 0. The molecule has 0 unspecified atom stereocenters. The van der Waals surface area contributed by atoms with Crippen molar-refractivity contribution in [2.24, 2.45) is 0 Å². The van der Waals surface area contributed by atoms with E-state index in [2.05, 4.69) is 29.4 Å². The van der Waals surface area contributed by atoms with Crippen LogP contribution in [0.3, 0.4) is 0 Å². The Morgan fingerprint density at radius 3 is 2.91 bits per heavy atom. The van der Waals surface area contributed by atoms with Crippen LogP contribution in [0.1, 0.15) is 28.8 Å². The Morgan fingerprint density at radius 2 is 2.17 bits per heavy atom. The summed E-state index contributed by atoms with van der Waals surface area (Å²) in [6, 6.07) is 11.8. The lowest BCUT2D eigenvalue weighted by atomic mass is 10.2. The smallest absolute Gasteiger partial charge is 0.254 e. The van der Waals surface area contributed by atoms with Crippen LogP contribution in [0.25, 0.3) is 0 Å². The molecule has 4 nitrogen and oxygen atoms in total. The highest BCUT2D eigenvalue weighted by Crippen LogP contribution is 2.28. The number of pyridine rings is 1. The number of carbonyl (C=O) groups is 1. The third-order valence-corrected chi connectivity index (χ3v) is 4.79. The molecule has 0 aliphatic carbocycles. The third-order valence-electron chi connectivity index (χ3n) is 3.77. The van der Waals surface area contributed by atoms with Gasteiger partial charge in [-0.25, -0.2) is 4.98 Å². The second-order valence-corrected chi connectivity index (χ2v) is 6.68. The summed E-state index contributed by atoms with van der Waals surface area (Å²) < 4.78 is 5.54. The Balaban J connectivity index is 1.69. The topological polar surface area (TPSA) is 51.2 Å². The summed E-state index contributed by atoms with van der Waals surface area (Å²) in [5.74, 6) is -0.0942. The number of aryl methyl sites for hydroxylation is 1. The van der Waals surface area contributed by atoms with E-state index in [1.54, 1.807) is 12.3 Å². The van der Waals surface area contributed by atoms with Crippen LogP contribution in [0.5, 0.6) is 0 Å². The normalized spacial score (nSPS) is 17.2. The minimum atomic E-state index is -0.0942. The number of nitrogens with one attached hydrogen (secondary N) is 1. The van der Waals surface area contributed by atoms with Crippen molar-refractivity contribution in [3.05, 3.63) is 53.7 Å². The second-order valence-electron chi connectivity index (χ2n) is 5.62. The first-order chi connectivity index (χ1) is 11.2. The highest BCUT2D eigenvalue weighted by Gasteiger charge is 2.18. The number of nitrogens with zero attached hydrogens (tertiary/aromatic N) is 1. The maximum Gasteiger partial charge on any atom is 0.254 e. The molecule has 0 saturated carbocycles. The van der Waals surface area contributed by atoms with Crippen LogP contribution in [-0.4, -0.2) is 30.1 Å². The number of aromatic nitrogens is 1. The SMILES string of the molecule is Cc1ccc(Sc2ncccc2C(=O)NC[C@H]2CCCO2)cc1. The van der Waals surface area contributed by atoms with Gasteiger partial charge < -0.3 is 10.1 Å². The Bertz CT molecular complexity index is 667. The van der Waals surface area contributed by atoms with Crippen molar-refractivity contribution in [3.8, 4) is 0 Å². The second kappa shape index (κ2) is 7.62. The summed E-state index contributed by atoms with van der Waals surface area (Å²) in [5, 5.41) is 3.68. The van der Waals surface area contributed by atoms with Crippen molar-refractivity contribution in [2.75, 3.05) is 13.2 Å². The highest BCUT2D eigenvalue weighted by atomic mass is 32.2. The van der Waals surface area contributed by atoms with Gasteiger partial charge in [0, 0.05) is 24.2 Å². The van der Waals surface area contributed by atoms with Crippen LogP contribution >= 0.6 is 11.8 Å². The number of rotatable bonds is 5. The minimum absolute atomic E-state index is 0.0942. The van der Waals surface area contributed by atoms with Crippen LogP contribution in [0.2, 0.25) is 0 Å². The van der Waals surface area contributed by atoms with E-state index in [0.29, 0.717) is 12.1 Å². The van der Waals surface area contributed by atoms with Gasteiger partial charge in [0.2, 0.25) is 0 Å². The van der Waals surface area contributed by atoms with E-state index in [9.17, 15) is 4.79 Å². The zero-order valence-electron chi connectivity index (χ0n) is 13.1. The molecule has 120 valence electrons. The van der Waals surface area contributed by atoms with E-state index in [4.69, 9.17) is 4.74 Å². The lowest BCUT2D eigenvalue weighted by molar-refractivity contribution is 0.0855. The minimum Gasteiger partial charge on any atom is -0.376 e. The molecule has 1 saturated heterocycles. The average Bonchev–Trinajstić information content (AvgIpc) is 3.09. The molecule has 2 aromatic rings. The molecular weight excluding hydrogens is 308 g/mol. The summed E-state index contributed by atoms with van der Waals surface area (Å²) in [4.78, 5) is 17.9. The van der Waals surface area contributed by atoms with E-state index in [0.717, 1.165) is 29.4 Å². The van der Waals surface area contributed by atoms with Crippen molar-refractivity contribution in [2.45, 2.75) is 35.8 Å². The fraction of sp³-hybridized carbons (Fsp3) is 0.333. The number of ether oxygens (including phenoxy) is 1. The number of amides is 1. The molecule has 1 amide bonds. The Labute approximate surface area is 140 Å². The Morgan fingerprint density at radius 1 is 1.35 bits per heavy atom. The van der Waals surface area contributed by atoms with Gasteiger partial charge in [0.1, 0.15) is 5.03 Å². The maximum absolute atomic E-state index is 12.4. The molecule has 5 heteroatoms. The number of hydrogen-bond donors (Lipinski definition) is 1. The maximum atomic E-state index is 12.4. The van der Waals surface area contributed by atoms with Crippen LogP contribution in [-0.2, 0) is 4.74 Å². The predicted octanol–water partition coefficient (Wildman–Crippen LogP) is 3.45. The third kappa shape index (κ3) is 4.33. The molecule has 1 aromatic carbocycles. The molecule has 0 spiro atoms. The van der Waals surface area contributed by atoms with Crippen molar-refractivity contribution in [3.63, 3.8) is 0 Å². The van der Waals surface area contributed by atoms with Crippen molar-refractivity contribution in [1.29, 1.82) is 0 Å². The van der Waals surface area contributed by atoms with Crippen molar-refractivity contribution >= 4 is 17.7 Å². The van der Waals surface area contributed by atoms with Gasteiger partial charge in [0.05, 0.1) is 11.7 Å². The van der Waals surface area contributed by atoms with Crippen LogP contribution in [0, 0.1) is 6.92 Å². The van der Waals surface area contributed by atoms with Crippen molar-refractivity contribution < 1.29 is 9.53 Å². The fourth-order valence-corrected chi connectivity index (χ4v) is 3.35. The number of hydrogen-bond acceptors (Lipinski definition) is 4. The zero-order chi connectivity index (χ0) is 16.1. The van der Waals surface area contributed by atoms with Gasteiger partial charge in [-0.1, -0.05) is 29.5 Å². The predicted molar refractivity (Wildman–Crippen MR) is 90.8 cm³/mol. The van der Waals surface area contributed by atoms with Crippen molar-refractivity contribution in [1.82, 2.24) is 10.3 Å². The van der Waals surface area contributed by atoms with Crippen LogP contribution in [0.15, 0.2) is 52.5 Å². The first kappa shape index (κ1) is 16.0. The quantitative estimate of drug-likeness (QED) is 0.913. The van der Waals surface area contributed by atoms with E-state index < -0.39 is 0 Å². The summed E-state index contributed by atoms with van der Waals surface area (Å²) in [6.45, 7) is 3.41. The largest absolute Gasteiger partial charge is 0.376 e. The van der Waals surface area contributed by atoms with Gasteiger partial charge in [-0.3, -0.25) is 4.79 Å². The molecule has 1 aromatic heterocycles. The summed E-state index contributed by atoms with van der Waals surface area (Å²) in [5.41, 5.74) is 1.82. The van der Waals surface area contributed by atoms with Crippen LogP contribution < -0.4 is 5.32 Å². The highest BCUT2D eigenvalue weighted by molar-refractivity contribution is 7.99. The van der Waals surface area contributed by atoms with Gasteiger partial charge in [0.25, 0.3) is 5.91 Å². The number of carbonyl (C=O) groups excluding carboxylic acids is 1. The average molecular weight is 328 g/mol. The lowest BCUT2D eigenvalue weighted by Gasteiger charge is -2.12. The summed E-state index contributed by atoms with van der Waals surface area (Å²) >= 11 is 1.51. The van der Waals surface area contributed by atoms with Gasteiger partial charge in [-0.2, -0.15) is 0 Å². The molecule has 1 fully saturated rings. The van der Waals surface area contributed by atoms with Gasteiger partial charge >= 0.3 is 0 Å². The Kier molecular flexibility index (Phi) is 5.31. The molecule has 3 rings (SSSR count). The van der Waals surface area contributed by atoms with Gasteiger partial charge in [-0.15, -0.1) is 0 Å². The fourth-order valence-electron chi connectivity index (χ4n) is 2.47. The molecule has 2 heterocycles. The Hall–Kier alpha value is -1.85. The van der Waals surface area contributed by atoms with Crippen LogP contribution in [0.4, 0.5) is 0 Å². The first-order valence-corrected chi connectivity index (χ1v) is 8.63. The zero-order valence-corrected chi connectivity index (χ0v) is 13.9. The van der Waals surface area contributed by atoms with E-state index in [1.165, 1.54) is 17.3 Å². The molecule has 0 bridgehead atoms. The molecule has 0 radical (unpaired) electrons. The molecule has 1 atom stereocenters. The molecule has 1 aliphatic rings. The first-order valence-electron chi connectivity index (χ1n) is 7.82.